The third kappa shape index (κ3) is 4.78. The summed E-state index contributed by atoms with van der Waals surface area (Å²) in [6, 6.07) is 13.3. The topological polar surface area (TPSA) is 21.3 Å². The second-order valence-corrected chi connectivity index (χ2v) is 5.40. The standard InChI is InChI=1S/C17H17Cl2NO/c1-2-9-20-11-13-5-3-4-6-17(13)21-12-14-7-8-15(18)10-16(14)19/h2-8,10,20H,1,9,11-12H2. The van der Waals surface area contributed by atoms with Crippen LogP contribution >= 0.6 is 23.2 Å². The molecule has 2 aromatic carbocycles. The maximum Gasteiger partial charge on any atom is 0.124 e. The first-order chi connectivity index (χ1) is 10.2. The molecule has 2 aromatic rings. The minimum Gasteiger partial charge on any atom is -0.489 e. The van der Waals surface area contributed by atoms with E-state index in [0.29, 0.717) is 16.7 Å². The van der Waals surface area contributed by atoms with Gasteiger partial charge >= 0.3 is 0 Å². The second kappa shape index (κ2) is 8.08. The van der Waals surface area contributed by atoms with Gasteiger partial charge in [0.05, 0.1) is 0 Å². The Morgan fingerprint density at radius 2 is 1.90 bits per heavy atom. The maximum atomic E-state index is 6.15. The van der Waals surface area contributed by atoms with E-state index in [2.05, 4.69) is 11.9 Å². The van der Waals surface area contributed by atoms with Gasteiger partial charge in [0.1, 0.15) is 12.4 Å². The van der Waals surface area contributed by atoms with Crippen molar-refractivity contribution < 1.29 is 4.74 Å². The highest BCUT2D eigenvalue weighted by molar-refractivity contribution is 6.35. The molecule has 0 amide bonds. The van der Waals surface area contributed by atoms with Crippen molar-refractivity contribution >= 4 is 23.2 Å². The summed E-state index contributed by atoms with van der Waals surface area (Å²) >= 11 is 12.0. The Morgan fingerprint density at radius 1 is 1.10 bits per heavy atom. The molecular formula is C17H17Cl2NO. The summed E-state index contributed by atoms with van der Waals surface area (Å²) in [6.07, 6.45) is 1.83. The van der Waals surface area contributed by atoms with Gasteiger partial charge in [-0.3, -0.25) is 0 Å². The zero-order chi connectivity index (χ0) is 15.1. The van der Waals surface area contributed by atoms with E-state index in [1.165, 1.54) is 0 Å². The quantitative estimate of drug-likeness (QED) is 0.581. The van der Waals surface area contributed by atoms with Gasteiger partial charge in [-0.1, -0.05) is 53.5 Å². The molecule has 0 aliphatic heterocycles. The maximum absolute atomic E-state index is 6.15. The predicted molar refractivity (Wildman–Crippen MR) is 89.1 cm³/mol. The Kier molecular flexibility index (Phi) is 6.12. The molecule has 2 nitrogen and oxygen atoms in total. The molecule has 4 heteroatoms. The third-order valence-electron chi connectivity index (χ3n) is 2.98. The Balaban J connectivity index is 2.03. The van der Waals surface area contributed by atoms with Gasteiger partial charge in [0.15, 0.2) is 0 Å². The van der Waals surface area contributed by atoms with Crippen LogP contribution in [0.25, 0.3) is 0 Å². The molecule has 2 rings (SSSR count). The van der Waals surface area contributed by atoms with Gasteiger partial charge in [0, 0.05) is 34.3 Å². The van der Waals surface area contributed by atoms with E-state index in [1.54, 1.807) is 6.07 Å². The number of para-hydroxylation sites is 1. The average Bonchev–Trinajstić information content (AvgIpc) is 2.48. The average molecular weight is 322 g/mol. The van der Waals surface area contributed by atoms with Crippen LogP contribution in [-0.4, -0.2) is 6.54 Å². The summed E-state index contributed by atoms with van der Waals surface area (Å²) in [4.78, 5) is 0. The number of hydrogen-bond donors (Lipinski definition) is 1. The van der Waals surface area contributed by atoms with E-state index in [9.17, 15) is 0 Å². The lowest BCUT2D eigenvalue weighted by molar-refractivity contribution is 0.302. The molecule has 0 aliphatic carbocycles. The fraction of sp³-hybridized carbons (Fsp3) is 0.176. The SMILES string of the molecule is C=CCNCc1ccccc1OCc1ccc(Cl)cc1Cl. The van der Waals surface area contributed by atoms with Gasteiger partial charge in [-0.05, 0) is 18.2 Å². The molecular weight excluding hydrogens is 305 g/mol. The Bertz CT molecular complexity index is 613. The molecule has 0 radical (unpaired) electrons. The molecule has 0 spiro atoms. The highest BCUT2D eigenvalue weighted by Gasteiger charge is 2.05. The van der Waals surface area contributed by atoms with E-state index >= 15 is 0 Å². The molecule has 21 heavy (non-hydrogen) atoms. The fourth-order valence-corrected chi connectivity index (χ4v) is 2.36. The van der Waals surface area contributed by atoms with Crippen LogP contribution in [0.5, 0.6) is 5.75 Å². The molecule has 0 aromatic heterocycles. The van der Waals surface area contributed by atoms with Gasteiger partial charge in [-0.25, -0.2) is 0 Å². The lowest BCUT2D eigenvalue weighted by Gasteiger charge is -2.12. The number of benzene rings is 2. The minimum absolute atomic E-state index is 0.411. The number of nitrogens with one attached hydrogen (secondary N) is 1. The molecule has 110 valence electrons. The van der Waals surface area contributed by atoms with Crippen molar-refractivity contribution in [3.63, 3.8) is 0 Å². The molecule has 0 unspecified atom stereocenters. The third-order valence-corrected chi connectivity index (χ3v) is 3.56. The van der Waals surface area contributed by atoms with Crippen molar-refractivity contribution in [2.75, 3.05) is 6.54 Å². The minimum atomic E-state index is 0.411. The van der Waals surface area contributed by atoms with Crippen molar-refractivity contribution in [2.24, 2.45) is 0 Å². The number of ether oxygens (including phenoxy) is 1. The molecule has 0 heterocycles. The smallest absolute Gasteiger partial charge is 0.124 e. The first-order valence-electron chi connectivity index (χ1n) is 6.67. The van der Waals surface area contributed by atoms with Crippen LogP contribution < -0.4 is 10.1 Å². The summed E-state index contributed by atoms with van der Waals surface area (Å²) in [5, 5.41) is 4.51. The van der Waals surface area contributed by atoms with Crippen LogP contribution in [0.3, 0.4) is 0 Å². The first kappa shape index (κ1) is 15.9. The Morgan fingerprint density at radius 3 is 2.67 bits per heavy atom. The van der Waals surface area contributed by atoms with Gasteiger partial charge in [0.25, 0.3) is 0 Å². The van der Waals surface area contributed by atoms with E-state index in [0.717, 1.165) is 30.0 Å². The van der Waals surface area contributed by atoms with Crippen molar-refractivity contribution in [3.05, 3.63) is 76.3 Å². The molecule has 0 atom stereocenters. The normalized spacial score (nSPS) is 10.4. The fourth-order valence-electron chi connectivity index (χ4n) is 1.89. The largest absolute Gasteiger partial charge is 0.489 e. The molecule has 1 N–H and O–H groups in total. The molecule has 0 saturated heterocycles. The van der Waals surface area contributed by atoms with Crippen molar-refractivity contribution in [2.45, 2.75) is 13.2 Å². The van der Waals surface area contributed by atoms with Crippen molar-refractivity contribution in [3.8, 4) is 5.75 Å². The van der Waals surface area contributed by atoms with Crippen LogP contribution in [0.2, 0.25) is 10.0 Å². The van der Waals surface area contributed by atoms with Crippen LogP contribution in [0, 0.1) is 0 Å². The van der Waals surface area contributed by atoms with Gasteiger partial charge < -0.3 is 10.1 Å². The zero-order valence-electron chi connectivity index (χ0n) is 11.6. The molecule has 0 fully saturated rings. The van der Waals surface area contributed by atoms with E-state index in [-0.39, 0.29) is 0 Å². The van der Waals surface area contributed by atoms with Crippen LogP contribution in [0.1, 0.15) is 11.1 Å². The second-order valence-electron chi connectivity index (χ2n) is 4.55. The number of halogens is 2. The summed E-state index contributed by atoms with van der Waals surface area (Å²) in [5.41, 5.74) is 2.01. The number of rotatable bonds is 7. The molecule has 0 bridgehead atoms. The van der Waals surface area contributed by atoms with Crippen LogP contribution in [0.15, 0.2) is 55.1 Å². The Hall–Kier alpha value is -1.48. The summed E-state index contributed by atoms with van der Waals surface area (Å²) < 4.78 is 5.88. The lowest BCUT2D eigenvalue weighted by atomic mass is 10.2. The lowest BCUT2D eigenvalue weighted by Crippen LogP contribution is -2.13. The highest BCUT2D eigenvalue weighted by atomic mass is 35.5. The van der Waals surface area contributed by atoms with Crippen molar-refractivity contribution in [1.29, 1.82) is 0 Å². The Labute approximate surface area is 135 Å². The van der Waals surface area contributed by atoms with E-state index in [1.807, 2.05) is 42.5 Å². The highest BCUT2D eigenvalue weighted by Crippen LogP contribution is 2.24. The number of hydrogen-bond acceptors (Lipinski definition) is 2. The van der Waals surface area contributed by atoms with Crippen LogP contribution in [0.4, 0.5) is 0 Å². The van der Waals surface area contributed by atoms with Gasteiger partial charge in [-0.2, -0.15) is 0 Å². The zero-order valence-corrected chi connectivity index (χ0v) is 13.1. The molecule has 0 aliphatic rings. The first-order valence-corrected chi connectivity index (χ1v) is 7.42. The van der Waals surface area contributed by atoms with E-state index < -0.39 is 0 Å². The predicted octanol–water partition coefficient (Wildman–Crippen LogP) is 4.85. The van der Waals surface area contributed by atoms with Crippen molar-refractivity contribution in [1.82, 2.24) is 5.32 Å². The molecule has 0 saturated carbocycles. The summed E-state index contributed by atoms with van der Waals surface area (Å²) in [7, 11) is 0. The monoisotopic (exact) mass is 321 g/mol. The summed E-state index contributed by atoms with van der Waals surface area (Å²) in [5.74, 6) is 0.847. The summed E-state index contributed by atoms with van der Waals surface area (Å²) in [6.45, 7) is 5.59. The van der Waals surface area contributed by atoms with E-state index in [4.69, 9.17) is 27.9 Å². The van der Waals surface area contributed by atoms with Crippen LogP contribution in [-0.2, 0) is 13.2 Å². The van der Waals surface area contributed by atoms with Gasteiger partial charge in [0.2, 0.25) is 0 Å². The van der Waals surface area contributed by atoms with Gasteiger partial charge in [-0.15, -0.1) is 6.58 Å².